The normalized spacial score (nSPS) is 12.9. The molecule has 1 heterocycles. The fraction of sp³-hybridized carbons (Fsp3) is 0.421. The van der Waals surface area contributed by atoms with Crippen molar-refractivity contribution in [2.24, 2.45) is 4.99 Å². The third-order valence-corrected chi connectivity index (χ3v) is 3.88. The van der Waals surface area contributed by atoms with E-state index >= 15 is 0 Å². The summed E-state index contributed by atoms with van der Waals surface area (Å²) in [5, 5.41) is 6.68. The Bertz CT molecular complexity index is 636. The molecule has 2 rings (SSSR count). The monoisotopic (exact) mass is 344 g/mol. The number of aliphatic imine (C=N–C) groups is 1. The highest BCUT2D eigenvalue weighted by Crippen LogP contribution is 2.17. The number of likely N-dealkylation sites (N-methyl/N-ethyl adjacent to an activating group) is 1. The smallest absolute Gasteiger partial charge is 0.191 e. The minimum Gasteiger partial charge on any atom is -0.497 e. The predicted molar refractivity (Wildman–Crippen MR) is 101 cm³/mol. The molecule has 0 aliphatic heterocycles. The van der Waals surface area contributed by atoms with E-state index in [0.717, 1.165) is 29.6 Å². The molecule has 0 aliphatic carbocycles. The first-order valence-electron chi connectivity index (χ1n) is 8.49. The number of hydrogen-bond donors (Lipinski definition) is 2. The van der Waals surface area contributed by atoms with Crippen molar-refractivity contribution >= 4 is 5.96 Å². The van der Waals surface area contributed by atoms with Crippen LogP contribution in [-0.4, -0.2) is 45.2 Å². The summed E-state index contributed by atoms with van der Waals surface area (Å²) in [5.74, 6) is 2.57. The summed E-state index contributed by atoms with van der Waals surface area (Å²) in [6.45, 7) is 4.17. The quantitative estimate of drug-likeness (QED) is 0.569. The second-order valence-corrected chi connectivity index (χ2v) is 5.92. The van der Waals surface area contributed by atoms with Gasteiger partial charge in [-0.05, 0) is 50.8 Å². The van der Waals surface area contributed by atoms with Crippen molar-refractivity contribution in [2.45, 2.75) is 19.5 Å². The fourth-order valence-electron chi connectivity index (χ4n) is 2.45. The Morgan fingerprint density at radius 2 is 1.96 bits per heavy atom. The van der Waals surface area contributed by atoms with Crippen molar-refractivity contribution in [1.82, 2.24) is 15.5 Å². The van der Waals surface area contributed by atoms with Crippen molar-refractivity contribution in [3.05, 3.63) is 54.0 Å². The predicted octanol–water partition coefficient (Wildman–Crippen LogP) is 2.65. The van der Waals surface area contributed by atoms with Gasteiger partial charge in [-0.1, -0.05) is 12.1 Å². The van der Waals surface area contributed by atoms with Crippen molar-refractivity contribution in [3.63, 3.8) is 0 Å². The number of benzene rings is 1. The van der Waals surface area contributed by atoms with Crippen molar-refractivity contribution in [3.8, 4) is 5.75 Å². The van der Waals surface area contributed by atoms with E-state index in [4.69, 9.17) is 9.15 Å². The highest BCUT2D eigenvalue weighted by molar-refractivity contribution is 5.79. The average molecular weight is 344 g/mol. The van der Waals surface area contributed by atoms with Crippen molar-refractivity contribution in [2.75, 3.05) is 34.3 Å². The molecule has 6 nitrogen and oxygen atoms in total. The number of methoxy groups -OCH3 is 1. The van der Waals surface area contributed by atoms with Crippen LogP contribution in [0.1, 0.15) is 24.3 Å². The molecule has 0 aliphatic rings. The molecule has 25 heavy (non-hydrogen) atoms. The van der Waals surface area contributed by atoms with Crippen molar-refractivity contribution in [1.29, 1.82) is 0 Å². The van der Waals surface area contributed by atoms with Gasteiger partial charge in [-0.25, -0.2) is 4.99 Å². The minimum atomic E-state index is 0.139. The van der Waals surface area contributed by atoms with Gasteiger partial charge in [0.05, 0.1) is 26.0 Å². The van der Waals surface area contributed by atoms with E-state index < -0.39 is 0 Å². The molecule has 0 spiro atoms. The highest BCUT2D eigenvalue weighted by atomic mass is 16.5. The Balaban J connectivity index is 1.98. The van der Waals surface area contributed by atoms with E-state index in [-0.39, 0.29) is 6.04 Å². The van der Waals surface area contributed by atoms with Crippen LogP contribution in [0.3, 0.4) is 0 Å². The average Bonchev–Trinajstić information content (AvgIpc) is 3.14. The van der Waals surface area contributed by atoms with Crippen LogP contribution in [0, 0.1) is 0 Å². The zero-order chi connectivity index (χ0) is 18.1. The van der Waals surface area contributed by atoms with Crippen molar-refractivity contribution < 1.29 is 9.15 Å². The molecule has 1 atom stereocenters. The Hall–Kier alpha value is -2.47. The second-order valence-electron chi connectivity index (χ2n) is 5.92. The maximum Gasteiger partial charge on any atom is 0.191 e. The van der Waals surface area contributed by atoms with Crippen LogP contribution in [0.5, 0.6) is 5.75 Å². The van der Waals surface area contributed by atoms with Gasteiger partial charge in [-0.2, -0.15) is 0 Å². The van der Waals surface area contributed by atoms with Gasteiger partial charge in [0.15, 0.2) is 5.96 Å². The molecule has 0 saturated heterocycles. The maximum absolute atomic E-state index is 5.55. The summed E-state index contributed by atoms with van der Waals surface area (Å²) in [4.78, 5) is 6.78. The van der Waals surface area contributed by atoms with Crippen LogP contribution in [0.4, 0.5) is 0 Å². The summed E-state index contributed by atoms with van der Waals surface area (Å²) in [6.07, 6.45) is 1.70. The van der Waals surface area contributed by atoms with Gasteiger partial charge < -0.3 is 19.8 Å². The SMILES string of the molecule is CCNC(=NCc1ccc(OC)cc1)NCC(c1ccco1)N(C)C. The highest BCUT2D eigenvalue weighted by Gasteiger charge is 2.17. The van der Waals surface area contributed by atoms with Gasteiger partial charge in [-0.15, -0.1) is 0 Å². The molecule has 0 amide bonds. The van der Waals surface area contributed by atoms with E-state index in [1.54, 1.807) is 13.4 Å². The molecular weight excluding hydrogens is 316 g/mol. The van der Waals surface area contributed by atoms with Gasteiger partial charge >= 0.3 is 0 Å². The number of nitrogens with one attached hydrogen (secondary N) is 2. The van der Waals surface area contributed by atoms with Gasteiger partial charge in [0.2, 0.25) is 0 Å². The van der Waals surface area contributed by atoms with Gasteiger partial charge in [0, 0.05) is 13.1 Å². The molecule has 2 aromatic rings. The van der Waals surface area contributed by atoms with E-state index in [0.29, 0.717) is 13.1 Å². The number of ether oxygens (including phenoxy) is 1. The Morgan fingerprint density at radius 3 is 2.52 bits per heavy atom. The first kappa shape index (κ1) is 18.9. The third kappa shape index (κ3) is 5.83. The fourth-order valence-corrected chi connectivity index (χ4v) is 2.45. The number of guanidine groups is 1. The molecule has 1 aromatic carbocycles. The molecule has 0 bridgehead atoms. The van der Waals surface area contributed by atoms with Crippen LogP contribution >= 0.6 is 0 Å². The van der Waals surface area contributed by atoms with E-state index in [9.17, 15) is 0 Å². The van der Waals surface area contributed by atoms with Crippen LogP contribution in [0.15, 0.2) is 52.1 Å². The van der Waals surface area contributed by atoms with E-state index in [1.807, 2.05) is 50.5 Å². The topological polar surface area (TPSA) is 62.0 Å². The largest absolute Gasteiger partial charge is 0.497 e. The minimum absolute atomic E-state index is 0.139. The maximum atomic E-state index is 5.55. The van der Waals surface area contributed by atoms with E-state index in [1.165, 1.54) is 0 Å². The van der Waals surface area contributed by atoms with E-state index in [2.05, 4.69) is 27.4 Å². The zero-order valence-electron chi connectivity index (χ0n) is 15.5. The first-order valence-corrected chi connectivity index (χ1v) is 8.49. The third-order valence-electron chi connectivity index (χ3n) is 3.88. The Morgan fingerprint density at radius 1 is 1.20 bits per heavy atom. The summed E-state index contributed by atoms with van der Waals surface area (Å²) in [6, 6.07) is 12.0. The van der Waals surface area contributed by atoms with Gasteiger partial charge in [0.1, 0.15) is 11.5 Å². The number of furan rings is 1. The Kier molecular flexibility index (Phi) is 7.35. The van der Waals surface area contributed by atoms with Gasteiger partial charge in [0.25, 0.3) is 0 Å². The Labute approximate surface area is 149 Å². The number of rotatable bonds is 8. The molecule has 6 heteroatoms. The molecule has 2 N–H and O–H groups in total. The first-order chi connectivity index (χ1) is 12.1. The zero-order valence-corrected chi connectivity index (χ0v) is 15.5. The standard InChI is InChI=1S/C19H28N4O2/c1-5-20-19(21-13-15-8-10-16(24-4)11-9-15)22-14-17(23(2)3)18-7-6-12-25-18/h6-12,17H,5,13-14H2,1-4H3,(H2,20,21,22). The molecular formula is C19H28N4O2. The summed E-state index contributed by atoms with van der Waals surface area (Å²) < 4.78 is 10.7. The lowest BCUT2D eigenvalue weighted by molar-refractivity contribution is 0.258. The summed E-state index contributed by atoms with van der Waals surface area (Å²) in [5.41, 5.74) is 1.13. The van der Waals surface area contributed by atoms with Crippen LogP contribution < -0.4 is 15.4 Å². The lowest BCUT2D eigenvalue weighted by Crippen LogP contribution is -2.41. The van der Waals surface area contributed by atoms with Crippen LogP contribution in [-0.2, 0) is 6.54 Å². The number of hydrogen-bond acceptors (Lipinski definition) is 4. The molecule has 1 aromatic heterocycles. The molecule has 0 saturated carbocycles. The molecule has 1 unspecified atom stereocenters. The summed E-state index contributed by atoms with van der Waals surface area (Å²) in [7, 11) is 5.74. The summed E-state index contributed by atoms with van der Waals surface area (Å²) >= 11 is 0. The number of nitrogens with zero attached hydrogens (tertiary/aromatic N) is 2. The molecule has 136 valence electrons. The molecule has 0 fully saturated rings. The second kappa shape index (κ2) is 9.74. The molecule has 0 radical (unpaired) electrons. The lowest BCUT2D eigenvalue weighted by atomic mass is 10.2. The van der Waals surface area contributed by atoms with Gasteiger partial charge in [-0.3, -0.25) is 4.90 Å². The van der Waals surface area contributed by atoms with Crippen LogP contribution in [0.2, 0.25) is 0 Å². The lowest BCUT2D eigenvalue weighted by Gasteiger charge is -2.23. The van der Waals surface area contributed by atoms with Crippen LogP contribution in [0.25, 0.3) is 0 Å².